The smallest absolute Gasteiger partial charge is 0.345 e. The van der Waals surface area contributed by atoms with Gasteiger partial charge in [0, 0.05) is 16.0 Å². The van der Waals surface area contributed by atoms with Crippen molar-refractivity contribution in [2.75, 3.05) is 0 Å². The monoisotopic (exact) mass is 250 g/mol. The minimum absolute atomic E-state index is 0.135. The van der Waals surface area contributed by atoms with Gasteiger partial charge in [-0.25, -0.2) is 9.18 Å². The van der Waals surface area contributed by atoms with Gasteiger partial charge in [0.25, 0.3) is 0 Å². The minimum atomic E-state index is -1.05. The van der Waals surface area contributed by atoms with Crippen LogP contribution in [0.15, 0.2) is 30.3 Å². The molecule has 1 aromatic heterocycles. The highest BCUT2D eigenvalue weighted by molar-refractivity contribution is 7.17. The third-order valence-corrected chi connectivity index (χ3v) is 3.32. The number of thiophene rings is 1. The summed E-state index contributed by atoms with van der Waals surface area (Å²) in [6.45, 7) is 0. The van der Waals surface area contributed by atoms with Gasteiger partial charge < -0.3 is 5.11 Å². The van der Waals surface area contributed by atoms with Crippen LogP contribution in [0.5, 0.6) is 0 Å². The molecule has 0 fully saturated rings. The van der Waals surface area contributed by atoms with Crippen LogP contribution in [-0.4, -0.2) is 17.4 Å². The highest BCUT2D eigenvalue weighted by Crippen LogP contribution is 2.30. The van der Waals surface area contributed by atoms with E-state index in [1.165, 1.54) is 30.3 Å². The van der Waals surface area contributed by atoms with Crippen molar-refractivity contribution in [3.63, 3.8) is 0 Å². The van der Waals surface area contributed by atoms with E-state index in [0.29, 0.717) is 16.7 Å². The molecule has 0 spiro atoms. The van der Waals surface area contributed by atoms with Crippen molar-refractivity contribution in [2.45, 2.75) is 0 Å². The molecule has 0 saturated heterocycles. The molecule has 86 valence electrons. The van der Waals surface area contributed by atoms with Crippen LogP contribution in [0.2, 0.25) is 0 Å². The number of hydrogen-bond donors (Lipinski definition) is 1. The van der Waals surface area contributed by atoms with E-state index in [1.807, 2.05) is 0 Å². The van der Waals surface area contributed by atoms with Gasteiger partial charge in [0.1, 0.15) is 17.0 Å². The zero-order chi connectivity index (χ0) is 12.4. The first-order valence-electron chi connectivity index (χ1n) is 4.70. The maximum Gasteiger partial charge on any atom is 0.345 e. The molecule has 0 aliphatic carbocycles. The highest BCUT2D eigenvalue weighted by atomic mass is 32.1. The van der Waals surface area contributed by atoms with Gasteiger partial charge in [0.05, 0.1) is 0 Å². The molecule has 5 heteroatoms. The molecule has 2 rings (SSSR count). The van der Waals surface area contributed by atoms with Gasteiger partial charge in [-0.3, -0.25) is 4.79 Å². The fourth-order valence-electron chi connectivity index (χ4n) is 1.40. The molecule has 1 heterocycles. The highest BCUT2D eigenvalue weighted by Gasteiger charge is 2.12. The van der Waals surface area contributed by atoms with Crippen molar-refractivity contribution >= 4 is 23.6 Å². The number of carbonyl (C=O) groups is 2. The number of carboxylic acid groups (broad SMARTS) is 1. The van der Waals surface area contributed by atoms with Crippen LogP contribution in [-0.2, 0) is 0 Å². The predicted molar refractivity (Wildman–Crippen MR) is 62.1 cm³/mol. The Balaban J connectivity index is 2.51. The number of aromatic carboxylic acids is 1. The Hall–Kier alpha value is -2.01. The van der Waals surface area contributed by atoms with Crippen molar-refractivity contribution in [2.24, 2.45) is 0 Å². The molecule has 0 atom stereocenters. The first kappa shape index (κ1) is 11.5. The molecular formula is C12H7FO3S. The minimum Gasteiger partial charge on any atom is -0.477 e. The predicted octanol–water partition coefficient (Wildman–Crippen LogP) is 3.06. The molecular weight excluding hydrogens is 243 g/mol. The summed E-state index contributed by atoms with van der Waals surface area (Å²) in [5, 5.41) is 8.78. The quantitative estimate of drug-likeness (QED) is 0.852. The summed E-state index contributed by atoms with van der Waals surface area (Å²) in [6, 6.07) is 6.91. The van der Waals surface area contributed by atoms with Crippen molar-refractivity contribution in [1.82, 2.24) is 0 Å². The van der Waals surface area contributed by atoms with Gasteiger partial charge in [-0.1, -0.05) is 0 Å². The van der Waals surface area contributed by atoms with E-state index in [-0.39, 0.29) is 10.4 Å². The van der Waals surface area contributed by atoms with E-state index in [9.17, 15) is 14.0 Å². The fraction of sp³-hybridized carbons (Fsp3) is 0. The lowest BCUT2D eigenvalue weighted by Gasteiger charge is -2.00. The first-order valence-corrected chi connectivity index (χ1v) is 5.51. The topological polar surface area (TPSA) is 54.4 Å². The lowest BCUT2D eigenvalue weighted by atomic mass is 10.1. The van der Waals surface area contributed by atoms with Crippen LogP contribution in [0.4, 0.5) is 4.39 Å². The summed E-state index contributed by atoms with van der Waals surface area (Å²) in [6.07, 6.45) is 0.620. The number of halogens is 1. The Morgan fingerprint density at radius 2 is 2.06 bits per heavy atom. The number of benzene rings is 1. The Labute approximate surface area is 100 Å². The molecule has 2 aromatic rings. The third-order valence-electron chi connectivity index (χ3n) is 2.21. The molecule has 0 unspecified atom stereocenters. The largest absolute Gasteiger partial charge is 0.477 e. The normalized spacial score (nSPS) is 10.2. The summed E-state index contributed by atoms with van der Waals surface area (Å²) in [5.74, 6) is -1.53. The average molecular weight is 250 g/mol. The number of rotatable bonds is 3. The van der Waals surface area contributed by atoms with E-state index in [1.54, 1.807) is 0 Å². The molecule has 17 heavy (non-hydrogen) atoms. The molecule has 3 nitrogen and oxygen atoms in total. The molecule has 0 aliphatic rings. The van der Waals surface area contributed by atoms with E-state index in [4.69, 9.17) is 5.11 Å². The standard InChI is InChI=1S/C12H7FO3S/c13-9-2-1-7(6-14)5-8(9)10-3-4-11(17-10)12(15)16/h1-6H,(H,15,16). The summed E-state index contributed by atoms with van der Waals surface area (Å²) in [4.78, 5) is 21.9. The zero-order valence-electron chi connectivity index (χ0n) is 8.51. The lowest BCUT2D eigenvalue weighted by molar-refractivity contribution is 0.0702. The third kappa shape index (κ3) is 2.24. The second-order valence-corrected chi connectivity index (χ2v) is 4.41. The van der Waals surface area contributed by atoms with Gasteiger partial charge in [0.15, 0.2) is 0 Å². The van der Waals surface area contributed by atoms with E-state index in [0.717, 1.165) is 11.3 Å². The molecule has 0 aliphatic heterocycles. The molecule has 1 N–H and O–H groups in total. The molecule has 1 aromatic carbocycles. The summed E-state index contributed by atoms with van der Waals surface area (Å²) in [7, 11) is 0. The average Bonchev–Trinajstić information content (AvgIpc) is 2.79. The molecule has 0 amide bonds. The SMILES string of the molecule is O=Cc1ccc(F)c(-c2ccc(C(=O)O)s2)c1. The van der Waals surface area contributed by atoms with Gasteiger partial charge in [-0.05, 0) is 30.3 Å². The van der Waals surface area contributed by atoms with E-state index < -0.39 is 11.8 Å². The van der Waals surface area contributed by atoms with E-state index in [2.05, 4.69) is 0 Å². The first-order chi connectivity index (χ1) is 8.11. The van der Waals surface area contributed by atoms with Gasteiger partial charge in [-0.15, -0.1) is 11.3 Å². The number of aldehydes is 1. The Bertz CT molecular complexity index is 589. The maximum atomic E-state index is 13.5. The molecule has 0 radical (unpaired) electrons. The van der Waals surface area contributed by atoms with Crippen molar-refractivity contribution < 1.29 is 19.1 Å². The van der Waals surface area contributed by atoms with Crippen LogP contribution in [0.3, 0.4) is 0 Å². The van der Waals surface area contributed by atoms with Crippen LogP contribution in [0, 0.1) is 5.82 Å². The molecule has 0 bridgehead atoms. The van der Waals surface area contributed by atoms with Crippen LogP contribution < -0.4 is 0 Å². The van der Waals surface area contributed by atoms with Crippen molar-refractivity contribution in [3.05, 3.63) is 46.6 Å². The summed E-state index contributed by atoms with van der Waals surface area (Å²) in [5.41, 5.74) is 0.596. The Morgan fingerprint density at radius 1 is 1.29 bits per heavy atom. The fourth-order valence-corrected chi connectivity index (χ4v) is 2.27. The van der Waals surface area contributed by atoms with Gasteiger partial charge in [-0.2, -0.15) is 0 Å². The Kier molecular flexibility index (Phi) is 3.01. The van der Waals surface area contributed by atoms with Crippen LogP contribution in [0.1, 0.15) is 20.0 Å². The summed E-state index contributed by atoms with van der Waals surface area (Å²) >= 11 is 0.972. The zero-order valence-corrected chi connectivity index (χ0v) is 9.33. The van der Waals surface area contributed by atoms with Crippen molar-refractivity contribution in [1.29, 1.82) is 0 Å². The van der Waals surface area contributed by atoms with Crippen molar-refractivity contribution in [3.8, 4) is 10.4 Å². The maximum absolute atomic E-state index is 13.5. The Morgan fingerprint density at radius 3 is 2.65 bits per heavy atom. The number of carboxylic acids is 1. The second-order valence-electron chi connectivity index (χ2n) is 3.33. The lowest BCUT2D eigenvalue weighted by Crippen LogP contribution is -1.89. The van der Waals surface area contributed by atoms with Gasteiger partial charge >= 0.3 is 5.97 Å². The van der Waals surface area contributed by atoms with Crippen LogP contribution in [0.25, 0.3) is 10.4 Å². The second kappa shape index (κ2) is 4.47. The number of carbonyl (C=O) groups excluding carboxylic acids is 1. The van der Waals surface area contributed by atoms with Crippen LogP contribution >= 0.6 is 11.3 Å². The number of hydrogen-bond acceptors (Lipinski definition) is 3. The van der Waals surface area contributed by atoms with Gasteiger partial charge in [0.2, 0.25) is 0 Å². The molecule has 0 saturated carbocycles. The summed E-state index contributed by atoms with van der Waals surface area (Å²) < 4.78 is 13.5. The van der Waals surface area contributed by atoms with E-state index >= 15 is 0 Å².